The molecule has 0 aliphatic carbocycles. The van der Waals surface area contributed by atoms with Crippen LogP contribution in [-0.4, -0.2) is 24.0 Å². The highest BCUT2D eigenvalue weighted by Gasteiger charge is 2.15. The van der Waals surface area contributed by atoms with Gasteiger partial charge in [0.15, 0.2) is 9.84 Å². The van der Waals surface area contributed by atoms with Crippen molar-refractivity contribution in [3.8, 4) is 0 Å². The number of sulfone groups is 1. The first-order valence-electron chi connectivity index (χ1n) is 5.10. The average Bonchev–Trinajstić information content (AvgIpc) is 2.22. The molecule has 0 spiro atoms. The van der Waals surface area contributed by atoms with Gasteiger partial charge in [-0.05, 0) is 29.8 Å². The number of rotatable bonds is 4. The zero-order chi connectivity index (χ0) is 13.2. The SMILES string of the molecule is CC(C)S(=O)(=O)CCn1cc(N)c(=O)c(Br)c1. The molecule has 1 rings (SSSR count). The van der Waals surface area contributed by atoms with E-state index in [0.29, 0.717) is 4.47 Å². The van der Waals surface area contributed by atoms with Crippen molar-refractivity contribution in [2.24, 2.45) is 0 Å². The van der Waals surface area contributed by atoms with E-state index in [2.05, 4.69) is 15.9 Å². The number of nitrogens with two attached hydrogens (primary N) is 1. The van der Waals surface area contributed by atoms with Gasteiger partial charge in [-0.3, -0.25) is 4.79 Å². The van der Waals surface area contributed by atoms with Gasteiger partial charge in [0.05, 0.1) is 21.2 Å². The molecule has 1 aromatic heterocycles. The normalized spacial score (nSPS) is 12.0. The molecule has 0 bridgehead atoms. The number of aryl methyl sites for hydroxylation is 1. The zero-order valence-electron chi connectivity index (χ0n) is 9.68. The van der Waals surface area contributed by atoms with E-state index in [-0.39, 0.29) is 23.4 Å². The molecule has 0 fully saturated rings. The quantitative estimate of drug-likeness (QED) is 0.897. The van der Waals surface area contributed by atoms with E-state index in [9.17, 15) is 13.2 Å². The lowest BCUT2D eigenvalue weighted by Crippen LogP contribution is -2.22. The number of anilines is 1. The Hall–Kier alpha value is -0.820. The largest absolute Gasteiger partial charge is 0.394 e. The first-order chi connectivity index (χ1) is 7.74. The summed E-state index contributed by atoms with van der Waals surface area (Å²) < 4.78 is 25.2. The Balaban J connectivity index is 2.88. The van der Waals surface area contributed by atoms with Crippen LogP contribution < -0.4 is 11.2 Å². The minimum absolute atomic E-state index is 0.0272. The fourth-order valence-corrected chi connectivity index (χ4v) is 2.64. The standard InChI is InChI=1S/C10H15BrN2O3S/c1-7(2)17(15,16)4-3-13-5-8(11)10(14)9(12)6-13/h5-7H,3-4,12H2,1-2H3. The van der Waals surface area contributed by atoms with Crippen molar-refractivity contribution in [3.63, 3.8) is 0 Å². The molecule has 0 saturated carbocycles. The van der Waals surface area contributed by atoms with Gasteiger partial charge in [-0.15, -0.1) is 0 Å². The summed E-state index contributed by atoms with van der Waals surface area (Å²) in [5.41, 5.74) is 5.32. The van der Waals surface area contributed by atoms with Crippen LogP contribution in [0.25, 0.3) is 0 Å². The van der Waals surface area contributed by atoms with Crippen LogP contribution in [0.4, 0.5) is 5.69 Å². The number of aromatic nitrogens is 1. The maximum Gasteiger partial charge on any atom is 0.218 e. The molecule has 0 saturated heterocycles. The average molecular weight is 323 g/mol. The first kappa shape index (κ1) is 14.2. The lowest BCUT2D eigenvalue weighted by atomic mass is 10.4. The Morgan fingerprint density at radius 1 is 1.41 bits per heavy atom. The van der Waals surface area contributed by atoms with Crippen LogP contribution in [0.3, 0.4) is 0 Å². The molecule has 0 atom stereocenters. The number of nitrogens with zero attached hydrogens (tertiary/aromatic N) is 1. The summed E-state index contributed by atoms with van der Waals surface area (Å²) in [6, 6.07) is 0. The van der Waals surface area contributed by atoms with E-state index < -0.39 is 15.1 Å². The smallest absolute Gasteiger partial charge is 0.218 e. The van der Waals surface area contributed by atoms with E-state index in [1.807, 2.05) is 0 Å². The summed E-state index contributed by atoms with van der Waals surface area (Å²) in [6.45, 7) is 3.57. The van der Waals surface area contributed by atoms with Crippen molar-refractivity contribution in [1.82, 2.24) is 4.57 Å². The fourth-order valence-electron chi connectivity index (χ4n) is 1.21. The maximum absolute atomic E-state index is 11.6. The van der Waals surface area contributed by atoms with Crippen molar-refractivity contribution in [2.75, 3.05) is 11.5 Å². The minimum atomic E-state index is -3.09. The molecule has 96 valence electrons. The topological polar surface area (TPSA) is 82.2 Å². The first-order valence-corrected chi connectivity index (χ1v) is 7.61. The van der Waals surface area contributed by atoms with Gasteiger partial charge in [-0.1, -0.05) is 0 Å². The van der Waals surface area contributed by atoms with Gasteiger partial charge in [0, 0.05) is 18.9 Å². The van der Waals surface area contributed by atoms with E-state index in [4.69, 9.17) is 5.73 Å². The summed E-state index contributed by atoms with van der Waals surface area (Å²) in [7, 11) is -3.09. The van der Waals surface area contributed by atoms with Gasteiger partial charge in [0.25, 0.3) is 0 Å². The molecule has 17 heavy (non-hydrogen) atoms. The molecule has 5 nitrogen and oxygen atoms in total. The van der Waals surface area contributed by atoms with Gasteiger partial charge in [0.2, 0.25) is 5.43 Å². The number of hydrogen-bond donors (Lipinski definition) is 1. The highest BCUT2D eigenvalue weighted by atomic mass is 79.9. The molecule has 0 aromatic carbocycles. The molecule has 7 heteroatoms. The summed E-state index contributed by atoms with van der Waals surface area (Å²) in [6.07, 6.45) is 2.98. The summed E-state index contributed by atoms with van der Waals surface area (Å²) in [4.78, 5) is 11.3. The van der Waals surface area contributed by atoms with Crippen LogP contribution in [-0.2, 0) is 16.4 Å². The second-order valence-electron chi connectivity index (χ2n) is 4.04. The zero-order valence-corrected chi connectivity index (χ0v) is 12.1. The van der Waals surface area contributed by atoms with E-state index in [1.54, 1.807) is 18.4 Å². The molecule has 0 aliphatic heterocycles. The van der Waals surface area contributed by atoms with Crippen molar-refractivity contribution < 1.29 is 8.42 Å². The van der Waals surface area contributed by atoms with Gasteiger partial charge in [-0.25, -0.2) is 8.42 Å². The predicted octanol–water partition coefficient (Wildman–Crippen LogP) is 1.02. The highest BCUT2D eigenvalue weighted by Crippen LogP contribution is 2.08. The number of halogens is 1. The van der Waals surface area contributed by atoms with E-state index >= 15 is 0 Å². The third-order valence-electron chi connectivity index (χ3n) is 2.42. The Labute approximate surface area is 109 Å². The number of hydrogen-bond acceptors (Lipinski definition) is 4. The van der Waals surface area contributed by atoms with Gasteiger partial charge >= 0.3 is 0 Å². The van der Waals surface area contributed by atoms with Crippen LogP contribution >= 0.6 is 15.9 Å². The molecule has 0 radical (unpaired) electrons. The molecule has 0 unspecified atom stereocenters. The predicted molar refractivity (Wildman–Crippen MR) is 71.7 cm³/mol. The van der Waals surface area contributed by atoms with E-state index in [0.717, 1.165) is 0 Å². The summed E-state index contributed by atoms with van der Waals surface area (Å²) >= 11 is 3.08. The number of nitrogen functional groups attached to an aromatic ring is 1. The van der Waals surface area contributed by atoms with Crippen LogP contribution in [0.2, 0.25) is 0 Å². The second kappa shape index (κ2) is 5.22. The molecule has 0 aliphatic rings. The Kier molecular flexibility index (Phi) is 4.37. The molecular formula is C10H15BrN2O3S. The number of pyridine rings is 1. The maximum atomic E-state index is 11.6. The molecule has 1 aromatic rings. The second-order valence-corrected chi connectivity index (χ2v) is 7.58. The van der Waals surface area contributed by atoms with Crippen molar-refractivity contribution in [2.45, 2.75) is 25.6 Å². The van der Waals surface area contributed by atoms with Gasteiger partial charge < -0.3 is 10.3 Å². The van der Waals surface area contributed by atoms with Crippen molar-refractivity contribution in [1.29, 1.82) is 0 Å². The van der Waals surface area contributed by atoms with Crippen LogP contribution in [0.5, 0.6) is 0 Å². The monoisotopic (exact) mass is 322 g/mol. The van der Waals surface area contributed by atoms with Crippen molar-refractivity contribution >= 4 is 31.5 Å². The Bertz CT molecular complexity index is 537. The Morgan fingerprint density at radius 3 is 2.47 bits per heavy atom. The summed E-state index contributed by atoms with van der Waals surface area (Å²) in [5.74, 6) is 0.0272. The lowest BCUT2D eigenvalue weighted by Gasteiger charge is -2.10. The molecule has 2 N–H and O–H groups in total. The third kappa shape index (κ3) is 3.57. The molecular weight excluding hydrogens is 308 g/mol. The van der Waals surface area contributed by atoms with Crippen LogP contribution in [0.15, 0.2) is 21.7 Å². The molecule has 0 amide bonds. The Morgan fingerprint density at radius 2 is 2.00 bits per heavy atom. The minimum Gasteiger partial charge on any atom is -0.394 e. The highest BCUT2D eigenvalue weighted by molar-refractivity contribution is 9.10. The lowest BCUT2D eigenvalue weighted by molar-refractivity contribution is 0.580. The van der Waals surface area contributed by atoms with E-state index in [1.165, 1.54) is 12.4 Å². The van der Waals surface area contributed by atoms with Crippen molar-refractivity contribution in [3.05, 3.63) is 27.1 Å². The fraction of sp³-hybridized carbons (Fsp3) is 0.500. The molecule has 1 heterocycles. The van der Waals surface area contributed by atoms with Crippen LogP contribution in [0, 0.1) is 0 Å². The third-order valence-corrected chi connectivity index (χ3v) is 5.17. The van der Waals surface area contributed by atoms with Crippen LogP contribution in [0.1, 0.15) is 13.8 Å². The summed E-state index contributed by atoms with van der Waals surface area (Å²) in [5, 5.41) is -0.400. The van der Waals surface area contributed by atoms with Gasteiger partial charge in [-0.2, -0.15) is 0 Å². The van der Waals surface area contributed by atoms with Gasteiger partial charge in [0.1, 0.15) is 0 Å².